The van der Waals surface area contributed by atoms with Crippen LogP contribution in [0.1, 0.15) is 41.6 Å². The Balaban J connectivity index is 2.65. The van der Waals surface area contributed by atoms with Crippen molar-refractivity contribution in [3.63, 3.8) is 0 Å². The SMILES string of the molecule is Cc1nn(C)cc1-n1nnc(C(=O)O)c1C(C)C. The van der Waals surface area contributed by atoms with Crippen LogP contribution in [0.4, 0.5) is 0 Å². The molecule has 0 saturated carbocycles. The van der Waals surface area contributed by atoms with Gasteiger partial charge in [0.25, 0.3) is 0 Å². The summed E-state index contributed by atoms with van der Waals surface area (Å²) < 4.78 is 3.22. The maximum Gasteiger partial charge on any atom is 0.358 e. The molecule has 2 heterocycles. The van der Waals surface area contributed by atoms with Gasteiger partial charge in [-0.05, 0) is 12.8 Å². The van der Waals surface area contributed by atoms with E-state index in [1.54, 1.807) is 22.6 Å². The summed E-state index contributed by atoms with van der Waals surface area (Å²) in [6.45, 7) is 5.67. The molecule has 0 saturated heterocycles. The third kappa shape index (κ3) is 1.87. The fourth-order valence-corrected chi connectivity index (χ4v) is 1.93. The van der Waals surface area contributed by atoms with Gasteiger partial charge >= 0.3 is 5.97 Å². The molecule has 0 atom stereocenters. The Kier molecular flexibility index (Phi) is 2.90. The lowest BCUT2D eigenvalue weighted by molar-refractivity contribution is 0.0688. The summed E-state index contributed by atoms with van der Waals surface area (Å²) >= 11 is 0. The van der Waals surface area contributed by atoms with E-state index in [9.17, 15) is 4.79 Å². The van der Waals surface area contributed by atoms with E-state index in [1.165, 1.54) is 0 Å². The molecule has 0 spiro atoms. The second kappa shape index (κ2) is 4.25. The number of carboxylic acid groups (broad SMARTS) is 1. The molecule has 1 N–H and O–H groups in total. The van der Waals surface area contributed by atoms with E-state index in [4.69, 9.17) is 5.11 Å². The van der Waals surface area contributed by atoms with Crippen LogP contribution in [-0.2, 0) is 7.05 Å². The molecule has 96 valence electrons. The summed E-state index contributed by atoms with van der Waals surface area (Å²) in [7, 11) is 1.81. The minimum atomic E-state index is -1.06. The van der Waals surface area contributed by atoms with Gasteiger partial charge in [-0.25, -0.2) is 9.48 Å². The van der Waals surface area contributed by atoms with Gasteiger partial charge in [0.1, 0.15) is 5.69 Å². The van der Waals surface area contributed by atoms with Gasteiger partial charge < -0.3 is 5.11 Å². The monoisotopic (exact) mass is 249 g/mol. The number of nitrogens with zero attached hydrogens (tertiary/aromatic N) is 5. The van der Waals surface area contributed by atoms with Crippen LogP contribution in [0.5, 0.6) is 0 Å². The van der Waals surface area contributed by atoms with Gasteiger partial charge in [0, 0.05) is 7.05 Å². The molecule has 2 aromatic rings. The Bertz CT molecular complexity index is 597. The molecule has 0 aliphatic carbocycles. The van der Waals surface area contributed by atoms with Crippen molar-refractivity contribution in [2.24, 2.45) is 7.05 Å². The van der Waals surface area contributed by atoms with Crippen molar-refractivity contribution in [2.45, 2.75) is 26.7 Å². The average Bonchev–Trinajstić information content (AvgIpc) is 2.81. The molecule has 0 fully saturated rings. The largest absolute Gasteiger partial charge is 0.476 e. The van der Waals surface area contributed by atoms with Gasteiger partial charge in [-0.15, -0.1) is 5.10 Å². The molecule has 0 aromatic carbocycles. The Hall–Kier alpha value is -2.18. The predicted molar refractivity (Wildman–Crippen MR) is 63.9 cm³/mol. The summed E-state index contributed by atoms with van der Waals surface area (Å²) in [4.78, 5) is 11.1. The lowest BCUT2D eigenvalue weighted by Gasteiger charge is -2.08. The minimum Gasteiger partial charge on any atom is -0.476 e. The highest BCUT2D eigenvalue weighted by atomic mass is 16.4. The molecule has 7 heteroatoms. The van der Waals surface area contributed by atoms with Gasteiger partial charge in [0.05, 0.1) is 17.6 Å². The summed E-state index contributed by atoms with van der Waals surface area (Å²) in [6, 6.07) is 0. The highest BCUT2D eigenvalue weighted by Gasteiger charge is 2.23. The normalized spacial score (nSPS) is 11.2. The summed E-state index contributed by atoms with van der Waals surface area (Å²) in [6.07, 6.45) is 1.79. The summed E-state index contributed by atoms with van der Waals surface area (Å²) in [5.41, 5.74) is 2.11. The van der Waals surface area contributed by atoms with Crippen molar-refractivity contribution in [3.8, 4) is 5.69 Å². The van der Waals surface area contributed by atoms with E-state index in [1.807, 2.05) is 20.8 Å². The zero-order chi connectivity index (χ0) is 13.4. The topological polar surface area (TPSA) is 85.8 Å². The van der Waals surface area contributed by atoms with Crippen molar-refractivity contribution in [1.82, 2.24) is 24.8 Å². The van der Waals surface area contributed by atoms with E-state index < -0.39 is 5.97 Å². The third-order valence-electron chi connectivity index (χ3n) is 2.67. The Labute approximate surface area is 104 Å². The van der Waals surface area contributed by atoms with Crippen LogP contribution >= 0.6 is 0 Å². The molecule has 2 aromatic heterocycles. The molecule has 0 aliphatic heterocycles. The van der Waals surface area contributed by atoms with Crippen molar-refractivity contribution in [2.75, 3.05) is 0 Å². The van der Waals surface area contributed by atoms with Gasteiger partial charge in [0.2, 0.25) is 0 Å². The van der Waals surface area contributed by atoms with Crippen LogP contribution in [0.25, 0.3) is 5.69 Å². The second-order valence-electron chi connectivity index (χ2n) is 4.47. The number of hydrogen-bond acceptors (Lipinski definition) is 4. The first kappa shape index (κ1) is 12.3. The molecule has 0 unspecified atom stereocenters. The molecular formula is C11H15N5O2. The number of carbonyl (C=O) groups is 1. The molecule has 18 heavy (non-hydrogen) atoms. The molecule has 0 aliphatic rings. The third-order valence-corrected chi connectivity index (χ3v) is 2.67. The molecule has 0 bridgehead atoms. The van der Waals surface area contributed by atoms with Crippen LogP contribution in [0.15, 0.2) is 6.20 Å². The minimum absolute atomic E-state index is 0.00528. The van der Waals surface area contributed by atoms with E-state index >= 15 is 0 Å². The second-order valence-corrected chi connectivity index (χ2v) is 4.47. The van der Waals surface area contributed by atoms with Crippen LogP contribution < -0.4 is 0 Å². The Morgan fingerprint density at radius 3 is 2.56 bits per heavy atom. The highest BCUT2D eigenvalue weighted by molar-refractivity contribution is 5.86. The first-order chi connectivity index (χ1) is 8.41. The van der Waals surface area contributed by atoms with E-state index in [-0.39, 0.29) is 11.6 Å². The molecule has 7 nitrogen and oxygen atoms in total. The van der Waals surface area contributed by atoms with Crippen molar-refractivity contribution in [1.29, 1.82) is 0 Å². The molecule has 2 rings (SSSR count). The first-order valence-electron chi connectivity index (χ1n) is 5.61. The zero-order valence-electron chi connectivity index (χ0n) is 10.7. The fraction of sp³-hybridized carbons (Fsp3) is 0.455. The molecule has 0 amide bonds. The number of aryl methyl sites for hydroxylation is 2. The van der Waals surface area contributed by atoms with Gasteiger partial charge in [-0.3, -0.25) is 4.68 Å². The fourth-order valence-electron chi connectivity index (χ4n) is 1.93. The highest BCUT2D eigenvalue weighted by Crippen LogP contribution is 2.22. The van der Waals surface area contributed by atoms with Gasteiger partial charge in [0.15, 0.2) is 5.69 Å². The average molecular weight is 249 g/mol. The van der Waals surface area contributed by atoms with Crippen molar-refractivity contribution >= 4 is 5.97 Å². The van der Waals surface area contributed by atoms with Crippen LogP contribution in [0.2, 0.25) is 0 Å². The van der Waals surface area contributed by atoms with Crippen molar-refractivity contribution < 1.29 is 9.90 Å². The zero-order valence-corrected chi connectivity index (χ0v) is 10.7. The number of carboxylic acids is 1. The Morgan fingerprint density at radius 1 is 1.44 bits per heavy atom. The number of aromatic carboxylic acids is 1. The van der Waals surface area contributed by atoms with Crippen LogP contribution in [-0.4, -0.2) is 35.9 Å². The maximum atomic E-state index is 11.1. The van der Waals surface area contributed by atoms with Crippen molar-refractivity contribution in [3.05, 3.63) is 23.3 Å². The van der Waals surface area contributed by atoms with E-state index in [2.05, 4.69) is 15.4 Å². The standard InChI is InChI=1S/C11H15N5O2/c1-6(2)10-9(11(17)18)12-14-16(10)8-5-15(4)13-7(8)3/h5-6H,1-4H3,(H,17,18). The maximum absolute atomic E-state index is 11.1. The van der Waals surface area contributed by atoms with Crippen LogP contribution in [0.3, 0.4) is 0 Å². The smallest absolute Gasteiger partial charge is 0.358 e. The van der Waals surface area contributed by atoms with Gasteiger partial charge in [-0.2, -0.15) is 5.10 Å². The lowest BCUT2D eigenvalue weighted by atomic mass is 10.1. The number of aromatic nitrogens is 5. The van der Waals surface area contributed by atoms with E-state index in [0.717, 1.165) is 11.4 Å². The van der Waals surface area contributed by atoms with Gasteiger partial charge in [-0.1, -0.05) is 19.1 Å². The predicted octanol–water partition coefficient (Wildman–Crippen LogP) is 1.13. The van der Waals surface area contributed by atoms with Crippen LogP contribution in [0, 0.1) is 6.92 Å². The number of hydrogen-bond donors (Lipinski definition) is 1. The number of rotatable bonds is 3. The summed E-state index contributed by atoms with van der Waals surface area (Å²) in [5.74, 6) is -1.06. The first-order valence-corrected chi connectivity index (χ1v) is 5.61. The molecule has 0 radical (unpaired) electrons. The Morgan fingerprint density at radius 2 is 2.11 bits per heavy atom. The van der Waals surface area contributed by atoms with E-state index in [0.29, 0.717) is 5.69 Å². The summed E-state index contributed by atoms with van der Waals surface area (Å²) in [5, 5.41) is 21.0. The molecular weight excluding hydrogens is 234 g/mol. The lowest BCUT2D eigenvalue weighted by Crippen LogP contribution is -2.08. The quantitative estimate of drug-likeness (QED) is 0.881.